The van der Waals surface area contributed by atoms with Crippen LogP contribution in [0.3, 0.4) is 0 Å². The first-order valence-electron chi connectivity index (χ1n) is 5.94. The third-order valence-corrected chi connectivity index (χ3v) is 3.20. The van der Waals surface area contributed by atoms with Gasteiger partial charge < -0.3 is 5.32 Å². The lowest BCUT2D eigenvalue weighted by molar-refractivity contribution is 0.0949. The van der Waals surface area contributed by atoms with Crippen LogP contribution in [0.25, 0.3) is 0 Å². The van der Waals surface area contributed by atoms with Crippen LogP contribution < -0.4 is 5.32 Å². The Morgan fingerprint density at radius 3 is 3.06 bits per heavy atom. The third kappa shape index (κ3) is 3.04. The molecule has 1 amide bonds. The molecule has 1 aromatic rings. The fourth-order valence-electron chi connectivity index (χ4n) is 1.91. The molecular weight excluding hydrogens is 214 g/mol. The molecule has 0 aromatic carbocycles. The number of hydrogen-bond acceptors (Lipinski definition) is 3. The van der Waals surface area contributed by atoms with Gasteiger partial charge in [0.25, 0.3) is 5.91 Å². The monoisotopic (exact) mass is 229 g/mol. The highest BCUT2D eigenvalue weighted by Gasteiger charge is 2.17. The summed E-state index contributed by atoms with van der Waals surface area (Å²) in [5.41, 5.74) is 0.779. The zero-order valence-electron chi connectivity index (χ0n) is 9.65. The molecule has 1 aliphatic rings. The Morgan fingerprint density at radius 2 is 2.41 bits per heavy atom. The minimum atomic E-state index is -0.122. The van der Waals surface area contributed by atoms with E-state index in [0.717, 1.165) is 12.3 Å². The van der Waals surface area contributed by atoms with Gasteiger partial charge in [0, 0.05) is 18.3 Å². The number of hydrogen-bond donors (Lipinski definition) is 1. The van der Waals surface area contributed by atoms with Crippen LogP contribution in [0, 0.1) is 17.2 Å². The van der Waals surface area contributed by atoms with Crippen LogP contribution in [-0.2, 0) is 0 Å². The number of nitrogens with one attached hydrogen (secondary N) is 1. The predicted molar refractivity (Wildman–Crippen MR) is 63.2 cm³/mol. The van der Waals surface area contributed by atoms with Gasteiger partial charge in [-0.25, -0.2) is 4.98 Å². The number of pyridine rings is 1. The van der Waals surface area contributed by atoms with Gasteiger partial charge in [0.15, 0.2) is 0 Å². The van der Waals surface area contributed by atoms with Gasteiger partial charge >= 0.3 is 0 Å². The maximum absolute atomic E-state index is 11.8. The van der Waals surface area contributed by atoms with Crippen molar-refractivity contribution in [1.29, 1.82) is 5.26 Å². The number of carbonyl (C=O) groups excluding carboxylic acids is 1. The smallest absolute Gasteiger partial charge is 0.251 e. The second kappa shape index (κ2) is 5.44. The Labute approximate surface area is 101 Å². The molecule has 1 aromatic heterocycles. The number of nitrogens with zero attached hydrogens (tertiary/aromatic N) is 2. The molecule has 88 valence electrons. The van der Waals surface area contributed by atoms with Crippen molar-refractivity contribution in [3.8, 4) is 6.07 Å². The summed E-state index contributed by atoms with van der Waals surface area (Å²) in [5.74, 6) is 0.672. The van der Waals surface area contributed by atoms with Crippen molar-refractivity contribution in [1.82, 2.24) is 10.3 Å². The first-order valence-corrected chi connectivity index (χ1v) is 5.94. The molecular formula is C13H15N3O. The van der Waals surface area contributed by atoms with Gasteiger partial charge in [-0.15, -0.1) is 0 Å². The van der Waals surface area contributed by atoms with Crippen molar-refractivity contribution in [2.75, 3.05) is 6.54 Å². The van der Waals surface area contributed by atoms with E-state index in [9.17, 15) is 4.79 Å². The van der Waals surface area contributed by atoms with Crippen LogP contribution in [0.1, 0.15) is 41.7 Å². The first-order chi connectivity index (χ1) is 8.29. The van der Waals surface area contributed by atoms with E-state index in [1.807, 2.05) is 6.07 Å². The van der Waals surface area contributed by atoms with Crippen molar-refractivity contribution in [3.63, 3.8) is 0 Å². The highest BCUT2D eigenvalue weighted by molar-refractivity contribution is 5.94. The largest absolute Gasteiger partial charge is 0.352 e. The van der Waals surface area contributed by atoms with Crippen molar-refractivity contribution in [3.05, 3.63) is 29.6 Å². The van der Waals surface area contributed by atoms with Gasteiger partial charge in [-0.1, -0.05) is 19.3 Å². The molecule has 0 saturated heterocycles. The maximum Gasteiger partial charge on any atom is 0.251 e. The molecule has 0 unspecified atom stereocenters. The fourth-order valence-corrected chi connectivity index (χ4v) is 1.91. The van der Waals surface area contributed by atoms with Gasteiger partial charge in [-0.2, -0.15) is 5.26 Å². The van der Waals surface area contributed by atoms with Crippen molar-refractivity contribution >= 4 is 5.91 Å². The van der Waals surface area contributed by atoms with Gasteiger partial charge in [0.2, 0.25) is 0 Å². The highest BCUT2D eigenvalue weighted by Crippen LogP contribution is 2.28. The molecule has 4 heteroatoms. The predicted octanol–water partition coefficient (Wildman–Crippen LogP) is 1.87. The second-order valence-electron chi connectivity index (χ2n) is 4.38. The number of aromatic nitrogens is 1. The minimum Gasteiger partial charge on any atom is -0.352 e. The summed E-state index contributed by atoms with van der Waals surface area (Å²) in [6.45, 7) is 0.716. The molecule has 17 heavy (non-hydrogen) atoms. The van der Waals surface area contributed by atoms with Crippen molar-refractivity contribution in [2.24, 2.45) is 5.92 Å². The summed E-state index contributed by atoms with van der Waals surface area (Å²) in [7, 11) is 0. The highest BCUT2D eigenvalue weighted by atomic mass is 16.1. The van der Waals surface area contributed by atoms with Crippen LogP contribution in [0.2, 0.25) is 0 Å². The lowest BCUT2D eigenvalue weighted by Crippen LogP contribution is -2.27. The van der Waals surface area contributed by atoms with E-state index in [1.165, 1.54) is 31.5 Å². The summed E-state index contributed by atoms with van der Waals surface area (Å²) in [6.07, 6.45) is 6.46. The Kier molecular flexibility index (Phi) is 3.71. The molecule has 0 bridgehead atoms. The zero-order chi connectivity index (χ0) is 12.1. The van der Waals surface area contributed by atoms with Crippen molar-refractivity contribution < 1.29 is 4.79 Å². The Bertz CT molecular complexity index is 446. The van der Waals surface area contributed by atoms with Crippen LogP contribution in [0.15, 0.2) is 18.3 Å². The summed E-state index contributed by atoms with van der Waals surface area (Å²) in [6, 6.07) is 5.06. The Hall–Kier alpha value is -1.89. The molecule has 0 spiro atoms. The molecule has 2 rings (SSSR count). The first kappa shape index (κ1) is 11.6. The lowest BCUT2D eigenvalue weighted by Gasteiger charge is -2.25. The topological polar surface area (TPSA) is 65.8 Å². The lowest BCUT2D eigenvalue weighted by atomic mass is 9.83. The summed E-state index contributed by atoms with van der Waals surface area (Å²) >= 11 is 0. The van der Waals surface area contributed by atoms with Crippen LogP contribution >= 0.6 is 0 Å². The molecule has 1 saturated carbocycles. The quantitative estimate of drug-likeness (QED) is 0.857. The summed E-state index contributed by atoms with van der Waals surface area (Å²) in [5, 5.41) is 11.6. The van der Waals surface area contributed by atoms with Gasteiger partial charge in [-0.05, 0) is 24.5 Å². The third-order valence-electron chi connectivity index (χ3n) is 3.20. The average molecular weight is 229 g/mol. The summed E-state index contributed by atoms with van der Waals surface area (Å²) < 4.78 is 0. The molecule has 1 N–H and O–H groups in total. The standard InChI is InChI=1S/C13H15N3O/c14-9-12-8-11(5-7-15-12)13(17)16-6-4-10-2-1-3-10/h5,7-8,10H,1-4,6H2,(H,16,17). The van der Waals surface area contributed by atoms with Crippen LogP contribution in [0.5, 0.6) is 0 Å². The molecule has 4 nitrogen and oxygen atoms in total. The average Bonchev–Trinajstić information content (AvgIpc) is 2.32. The molecule has 0 atom stereocenters. The van der Waals surface area contributed by atoms with E-state index < -0.39 is 0 Å². The summed E-state index contributed by atoms with van der Waals surface area (Å²) in [4.78, 5) is 15.6. The van der Waals surface area contributed by atoms with Crippen LogP contribution in [0.4, 0.5) is 0 Å². The maximum atomic E-state index is 11.8. The zero-order valence-corrected chi connectivity index (χ0v) is 9.65. The van der Waals surface area contributed by atoms with Gasteiger partial charge in [0.1, 0.15) is 11.8 Å². The molecule has 1 aliphatic carbocycles. The molecule has 1 fully saturated rings. The van der Waals surface area contributed by atoms with E-state index in [1.54, 1.807) is 6.07 Å². The molecule has 1 heterocycles. The number of carbonyl (C=O) groups is 1. The minimum absolute atomic E-state index is 0.122. The van der Waals surface area contributed by atoms with E-state index in [2.05, 4.69) is 10.3 Å². The SMILES string of the molecule is N#Cc1cc(C(=O)NCCC2CCC2)ccn1. The Balaban J connectivity index is 1.83. The second-order valence-corrected chi connectivity index (χ2v) is 4.38. The number of rotatable bonds is 4. The number of amides is 1. The van der Waals surface area contributed by atoms with E-state index in [4.69, 9.17) is 5.26 Å². The van der Waals surface area contributed by atoms with E-state index in [0.29, 0.717) is 12.1 Å². The van der Waals surface area contributed by atoms with E-state index in [-0.39, 0.29) is 11.6 Å². The van der Waals surface area contributed by atoms with Crippen LogP contribution in [-0.4, -0.2) is 17.4 Å². The molecule has 0 aliphatic heterocycles. The fraction of sp³-hybridized carbons (Fsp3) is 0.462. The van der Waals surface area contributed by atoms with Gasteiger partial charge in [0.05, 0.1) is 0 Å². The Morgan fingerprint density at radius 1 is 1.59 bits per heavy atom. The van der Waals surface area contributed by atoms with E-state index >= 15 is 0 Å². The molecule has 0 radical (unpaired) electrons. The van der Waals surface area contributed by atoms with Crippen molar-refractivity contribution in [2.45, 2.75) is 25.7 Å². The number of nitriles is 1. The normalized spacial score (nSPS) is 14.8. The van der Waals surface area contributed by atoms with Gasteiger partial charge in [-0.3, -0.25) is 4.79 Å².